The molecule has 0 nitrogen and oxygen atoms in total. The van der Waals surface area contributed by atoms with Crippen LogP contribution < -0.4 is 0 Å². The van der Waals surface area contributed by atoms with E-state index in [9.17, 15) is 26.3 Å². The maximum atomic E-state index is 12.6. The van der Waals surface area contributed by atoms with E-state index in [0.29, 0.717) is 11.1 Å². The highest BCUT2D eigenvalue weighted by atomic mass is 19.4. The molecule has 0 amide bonds. The molecule has 0 fully saturated rings. The fourth-order valence-corrected chi connectivity index (χ4v) is 2.06. The summed E-state index contributed by atoms with van der Waals surface area (Å²) in [6, 6.07) is 10.9. The number of hydrogen-bond donors (Lipinski definition) is 0. The van der Waals surface area contributed by atoms with Gasteiger partial charge in [0, 0.05) is 0 Å². The molecule has 0 heterocycles. The molecule has 0 N–H and O–H groups in total. The second kappa shape index (κ2) is 6.19. The van der Waals surface area contributed by atoms with Crippen LogP contribution in [0.5, 0.6) is 0 Å². The third-order valence-corrected chi connectivity index (χ3v) is 3.48. The minimum absolute atomic E-state index is 0.0617. The molecule has 0 radical (unpaired) electrons. The summed E-state index contributed by atoms with van der Waals surface area (Å²) >= 11 is 0. The summed E-state index contributed by atoms with van der Waals surface area (Å²) in [5.41, 5.74) is -0.867. The van der Waals surface area contributed by atoms with Crippen LogP contribution in [0.1, 0.15) is 11.1 Å². The number of benzene rings is 2. The standard InChI is InChI=1S/C18H12F6/c1-11(17(19,20)21)13-3-7-15(8-4-13)16-9-5-14(6-10-16)12(2)18(22,23)24/h3-10H,1-2H2. The molecule has 0 spiro atoms. The molecule has 0 aliphatic rings. The van der Waals surface area contributed by atoms with Crippen molar-refractivity contribution in [3.8, 4) is 11.1 Å². The zero-order valence-corrected chi connectivity index (χ0v) is 12.3. The SMILES string of the molecule is C=C(c1ccc(-c2ccc(C(=C)C(F)(F)F)cc2)cc1)C(F)(F)F. The largest absolute Gasteiger partial charge is 0.416 e. The van der Waals surface area contributed by atoms with Gasteiger partial charge in [-0.3, -0.25) is 0 Å². The zero-order valence-electron chi connectivity index (χ0n) is 12.3. The third kappa shape index (κ3) is 3.88. The highest BCUT2D eigenvalue weighted by Gasteiger charge is 2.33. The van der Waals surface area contributed by atoms with Gasteiger partial charge < -0.3 is 0 Å². The van der Waals surface area contributed by atoms with Crippen molar-refractivity contribution in [3.63, 3.8) is 0 Å². The van der Waals surface area contributed by atoms with Gasteiger partial charge in [0.25, 0.3) is 0 Å². The molecule has 24 heavy (non-hydrogen) atoms. The third-order valence-electron chi connectivity index (χ3n) is 3.48. The highest BCUT2D eigenvalue weighted by Crippen LogP contribution is 2.35. The molecular weight excluding hydrogens is 330 g/mol. The van der Waals surface area contributed by atoms with Gasteiger partial charge in [-0.15, -0.1) is 0 Å². The summed E-state index contributed by atoms with van der Waals surface area (Å²) in [6.45, 7) is 6.02. The molecule has 126 valence electrons. The van der Waals surface area contributed by atoms with E-state index in [4.69, 9.17) is 0 Å². The van der Waals surface area contributed by atoms with Gasteiger partial charge in [-0.25, -0.2) is 0 Å². The molecule has 6 heteroatoms. The molecule has 0 saturated heterocycles. The van der Waals surface area contributed by atoms with E-state index in [1.165, 1.54) is 48.5 Å². The molecule has 2 aromatic rings. The molecule has 0 saturated carbocycles. The lowest BCUT2D eigenvalue weighted by molar-refractivity contribution is -0.0695. The van der Waals surface area contributed by atoms with Crippen LogP contribution in [-0.2, 0) is 0 Å². The Morgan fingerprint density at radius 1 is 0.542 bits per heavy atom. The lowest BCUT2D eigenvalue weighted by Crippen LogP contribution is -2.09. The molecule has 2 aromatic carbocycles. The normalized spacial score (nSPS) is 12.1. The molecule has 0 unspecified atom stereocenters. The Hall–Kier alpha value is -2.50. The van der Waals surface area contributed by atoms with Crippen LogP contribution in [0.3, 0.4) is 0 Å². The van der Waals surface area contributed by atoms with E-state index in [1.807, 2.05) is 0 Å². The van der Waals surface area contributed by atoms with Gasteiger partial charge in [0.15, 0.2) is 0 Å². The second-order valence-corrected chi connectivity index (χ2v) is 5.11. The minimum Gasteiger partial charge on any atom is -0.166 e. The Morgan fingerprint density at radius 3 is 1.00 bits per heavy atom. The average Bonchev–Trinajstić information content (AvgIpc) is 2.52. The van der Waals surface area contributed by atoms with Gasteiger partial charge in [0.2, 0.25) is 0 Å². The molecule has 0 bridgehead atoms. The molecule has 0 aromatic heterocycles. The number of allylic oxidation sites excluding steroid dienone is 2. The maximum absolute atomic E-state index is 12.6. The van der Waals surface area contributed by atoms with E-state index >= 15 is 0 Å². The first-order valence-electron chi connectivity index (χ1n) is 6.73. The van der Waals surface area contributed by atoms with Crippen molar-refractivity contribution < 1.29 is 26.3 Å². The lowest BCUT2D eigenvalue weighted by Gasteiger charge is -2.12. The Morgan fingerprint density at radius 2 is 0.792 bits per heavy atom. The number of rotatable bonds is 3. The average molecular weight is 342 g/mol. The minimum atomic E-state index is -4.51. The van der Waals surface area contributed by atoms with Gasteiger partial charge >= 0.3 is 12.4 Å². The smallest absolute Gasteiger partial charge is 0.166 e. The first kappa shape index (κ1) is 17.8. The van der Waals surface area contributed by atoms with Gasteiger partial charge in [-0.1, -0.05) is 61.7 Å². The predicted octanol–water partition coefficient (Wildman–Crippen LogP) is 6.50. The topological polar surface area (TPSA) is 0 Å². The van der Waals surface area contributed by atoms with Crippen molar-refractivity contribution in [3.05, 3.63) is 72.8 Å². The summed E-state index contributed by atoms with van der Waals surface area (Å²) in [6.07, 6.45) is -9.03. The number of alkyl halides is 6. The molecule has 0 aliphatic carbocycles. The van der Waals surface area contributed by atoms with Crippen LogP contribution in [0.15, 0.2) is 61.7 Å². The summed E-state index contributed by atoms with van der Waals surface area (Å²) < 4.78 is 75.5. The van der Waals surface area contributed by atoms with Crippen molar-refractivity contribution in [2.24, 2.45) is 0 Å². The van der Waals surface area contributed by atoms with E-state index < -0.39 is 23.5 Å². The van der Waals surface area contributed by atoms with Gasteiger partial charge in [0.05, 0.1) is 11.1 Å². The summed E-state index contributed by atoms with van der Waals surface area (Å²) in [4.78, 5) is 0. The van der Waals surface area contributed by atoms with E-state index in [-0.39, 0.29) is 11.1 Å². The second-order valence-electron chi connectivity index (χ2n) is 5.11. The summed E-state index contributed by atoms with van der Waals surface area (Å²) in [7, 11) is 0. The Bertz CT molecular complexity index is 679. The van der Waals surface area contributed by atoms with Crippen LogP contribution in [0.2, 0.25) is 0 Å². The molecule has 0 aliphatic heterocycles. The van der Waals surface area contributed by atoms with Crippen LogP contribution in [0.4, 0.5) is 26.3 Å². The Balaban J connectivity index is 2.24. The number of halogens is 6. The maximum Gasteiger partial charge on any atom is 0.416 e. The highest BCUT2D eigenvalue weighted by molar-refractivity contribution is 5.74. The van der Waals surface area contributed by atoms with E-state index in [1.54, 1.807) is 0 Å². The van der Waals surface area contributed by atoms with Gasteiger partial charge in [-0.2, -0.15) is 26.3 Å². The van der Waals surface area contributed by atoms with Crippen LogP contribution in [0, 0.1) is 0 Å². The van der Waals surface area contributed by atoms with Crippen molar-refractivity contribution in [1.29, 1.82) is 0 Å². The lowest BCUT2D eigenvalue weighted by atomic mass is 9.98. The monoisotopic (exact) mass is 342 g/mol. The zero-order chi connectivity index (χ0) is 18.1. The van der Waals surface area contributed by atoms with Gasteiger partial charge in [-0.05, 0) is 22.3 Å². The van der Waals surface area contributed by atoms with Gasteiger partial charge in [0.1, 0.15) is 0 Å². The van der Waals surface area contributed by atoms with Crippen molar-refractivity contribution in [2.45, 2.75) is 12.4 Å². The van der Waals surface area contributed by atoms with Crippen molar-refractivity contribution in [1.82, 2.24) is 0 Å². The number of hydrogen-bond acceptors (Lipinski definition) is 0. The summed E-state index contributed by atoms with van der Waals surface area (Å²) in [5, 5.41) is 0. The Kier molecular flexibility index (Phi) is 4.60. The molecule has 2 rings (SSSR count). The van der Waals surface area contributed by atoms with Crippen molar-refractivity contribution >= 4 is 11.1 Å². The summed E-state index contributed by atoms with van der Waals surface area (Å²) in [5.74, 6) is 0. The van der Waals surface area contributed by atoms with E-state index in [0.717, 1.165) is 0 Å². The van der Waals surface area contributed by atoms with Crippen LogP contribution in [-0.4, -0.2) is 12.4 Å². The van der Waals surface area contributed by atoms with Crippen LogP contribution >= 0.6 is 0 Å². The first-order chi connectivity index (χ1) is 11.0. The van der Waals surface area contributed by atoms with E-state index in [2.05, 4.69) is 13.2 Å². The fourth-order valence-electron chi connectivity index (χ4n) is 2.06. The Labute approximate surface area is 134 Å². The van der Waals surface area contributed by atoms with Crippen LogP contribution in [0.25, 0.3) is 22.3 Å². The van der Waals surface area contributed by atoms with Crippen molar-refractivity contribution in [2.75, 3.05) is 0 Å². The quantitative estimate of drug-likeness (QED) is 0.558. The molecule has 0 atom stereocenters. The predicted molar refractivity (Wildman–Crippen MR) is 82.1 cm³/mol. The molecular formula is C18H12F6. The first-order valence-corrected chi connectivity index (χ1v) is 6.73. The fraction of sp³-hybridized carbons (Fsp3) is 0.111.